The molecule has 166 valence electrons. The molecule has 2 amide bonds. The maximum atomic E-state index is 13.3. The number of hydrogen-bond acceptors (Lipinski definition) is 3. The SMILES string of the molecule is CC(=O)N1/C(=C/c2ccccc2N(CC=C(C)C)C(=O)C(C)(C)C)C(=O)c2ccccc21. The van der Waals surface area contributed by atoms with Gasteiger partial charge in [-0.15, -0.1) is 0 Å². The molecule has 0 bridgehead atoms. The van der Waals surface area contributed by atoms with Crippen molar-refractivity contribution >= 4 is 35.0 Å². The van der Waals surface area contributed by atoms with Gasteiger partial charge < -0.3 is 4.90 Å². The lowest BCUT2D eigenvalue weighted by Gasteiger charge is -2.30. The van der Waals surface area contributed by atoms with Crippen molar-refractivity contribution in [2.45, 2.75) is 41.5 Å². The van der Waals surface area contributed by atoms with Gasteiger partial charge in [-0.3, -0.25) is 19.3 Å². The molecule has 5 nitrogen and oxygen atoms in total. The third-order valence-electron chi connectivity index (χ3n) is 5.27. The predicted octanol–water partition coefficient (Wildman–Crippen LogP) is 5.62. The van der Waals surface area contributed by atoms with E-state index in [1.54, 1.807) is 29.2 Å². The molecule has 1 heterocycles. The van der Waals surface area contributed by atoms with Crippen LogP contribution in [0.4, 0.5) is 11.4 Å². The molecule has 0 saturated heterocycles. The van der Waals surface area contributed by atoms with Crippen molar-refractivity contribution in [2.75, 3.05) is 16.3 Å². The van der Waals surface area contributed by atoms with Gasteiger partial charge in [0, 0.05) is 30.0 Å². The summed E-state index contributed by atoms with van der Waals surface area (Å²) in [5, 5.41) is 0. The third-order valence-corrected chi connectivity index (χ3v) is 5.27. The monoisotopic (exact) mass is 430 g/mol. The van der Waals surface area contributed by atoms with E-state index in [4.69, 9.17) is 0 Å². The van der Waals surface area contributed by atoms with Crippen molar-refractivity contribution in [3.05, 3.63) is 77.0 Å². The molecule has 2 aromatic rings. The molecular weight excluding hydrogens is 400 g/mol. The average Bonchev–Trinajstić information content (AvgIpc) is 3.00. The van der Waals surface area contributed by atoms with Gasteiger partial charge in [0.1, 0.15) is 0 Å². The minimum atomic E-state index is -0.583. The summed E-state index contributed by atoms with van der Waals surface area (Å²) in [6.07, 6.45) is 3.72. The van der Waals surface area contributed by atoms with Gasteiger partial charge in [-0.25, -0.2) is 0 Å². The highest BCUT2D eigenvalue weighted by atomic mass is 16.2. The Morgan fingerprint density at radius 1 is 0.969 bits per heavy atom. The molecule has 0 radical (unpaired) electrons. The van der Waals surface area contributed by atoms with Gasteiger partial charge in [0.05, 0.1) is 17.1 Å². The molecule has 0 saturated carbocycles. The number of ketones is 1. The summed E-state index contributed by atoms with van der Waals surface area (Å²) in [6.45, 7) is 11.5. The molecule has 1 aliphatic rings. The van der Waals surface area contributed by atoms with Crippen molar-refractivity contribution in [2.24, 2.45) is 5.41 Å². The molecule has 0 aliphatic carbocycles. The Morgan fingerprint density at radius 2 is 1.59 bits per heavy atom. The second-order valence-electron chi connectivity index (χ2n) is 9.24. The summed E-state index contributed by atoms with van der Waals surface area (Å²) < 4.78 is 0. The number of carbonyl (C=O) groups is 3. The summed E-state index contributed by atoms with van der Waals surface area (Å²) in [5.74, 6) is -0.465. The van der Waals surface area contributed by atoms with Gasteiger partial charge in [-0.05, 0) is 38.1 Å². The van der Waals surface area contributed by atoms with Crippen LogP contribution in [0.1, 0.15) is 57.5 Å². The van der Waals surface area contributed by atoms with Gasteiger partial charge in [0.2, 0.25) is 17.6 Å². The number of amides is 2. The Hall–Kier alpha value is -3.47. The fourth-order valence-corrected chi connectivity index (χ4v) is 3.67. The molecule has 0 aromatic heterocycles. The Bertz CT molecular complexity index is 1130. The fourth-order valence-electron chi connectivity index (χ4n) is 3.67. The van der Waals surface area contributed by atoms with Crippen LogP contribution in [0.25, 0.3) is 6.08 Å². The van der Waals surface area contributed by atoms with Gasteiger partial charge in [0.15, 0.2) is 0 Å². The van der Waals surface area contributed by atoms with Crippen molar-refractivity contribution in [1.82, 2.24) is 0 Å². The Morgan fingerprint density at radius 3 is 2.22 bits per heavy atom. The first-order valence-corrected chi connectivity index (χ1v) is 10.7. The fraction of sp³-hybridized carbons (Fsp3) is 0.296. The minimum Gasteiger partial charge on any atom is -0.308 e. The van der Waals surface area contributed by atoms with Crippen molar-refractivity contribution in [1.29, 1.82) is 0 Å². The first-order chi connectivity index (χ1) is 15.0. The number of carbonyl (C=O) groups excluding carboxylic acids is 3. The number of rotatable bonds is 4. The van der Waals surface area contributed by atoms with Gasteiger partial charge in [-0.2, -0.15) is 0 Å². The van der Waals surface area contributed by atoms with Gasteiger partial charge in [-0.1, -0.05) is 62.8 Å². The normalized spacial score (nSPS) is 14.4. The number of fused-ring (bicyclic) bond motifs is 1. The van der Waals surface area contributed by atoms with E-state index in [0.29, 0.717) is 29.0 Å². The summed E-state index contributed by atoms with van der Waals surface area (Å²) in [7, 11) is 0. The lowest BCUT2D eigenvalue weighted by molar-refractivity contribution is -0.125. The van der Waals surface area contributed by atoms with Crippen LogP contribution >= 0.6 is 0 Å². The Labute approximate surface area is 190 Å². The van der Waals surface area contributed by atoms with E-state index >= 15 is 0 Å². The Kier molecular flexibility index (Phi) is 6.49. The summed E-state index contributed by atoms with van der Waals surface area (Å²) in [6, 6.07) is 14.6. The standard InChI is InChI=1S/C27H30N2O3/c1-18(2)15-16-28(26(32)27(4,5)6)22-13-9-7-11-20(22)17-24-25(31)21-12-8-10-14-23(21)29(24)19(3)30/h7-15,17H,16H2,1-6H3/b24-17+. The van der Waals surface area contributed by atoms with Crippen LogP contribution in [0, 0.1) is 5.41 Å². The molecular formula is C27H30N2O3. The van der Waals surface area contributed by atoms with E-state index in [9.17, 15) is 14.4 Å². The predicted molar refractivity (Wildman–Crippen MR) is 130 cm³/mol. The molecule has 0 N–H and O–H groups in total. The van der Waals surface area contributed by atoms with E-state index in [2.05, 4.69) is 0 Å². The van der Waals surface area contributed by atoms with Crippen LogP contribution in [0.3, 0.4) is 0 Å². The molecule has 3 rings (SSSR count). The van der Waals surface area contributed by atoms with Crippen LogP contribution in [-0.2, 0) is 9.59 Å². The van der Waals surface area contributed by atoms with Crippen LogP contribution in [0.5, 0.6) is 0 Å². The van der Waals surface area contributed by atoms with Crippen LogP contribution in [-0.4, -0.2) is 24.1 Å². The van der Waals surface area contributed by atoms with E-state index in [1.165, 1.54) is 11.8 Å². The quantitative estimate of drug-likeness (QED) is 0.467. The minimum absolute atomic E-state index is 0.0229. The molecule has 2 aromatic carbocycles. The summed E-state index contributed by atoms with van der Waals surface area (Å²) >= 11 is 0. The maximum absolute atomic E-state index is 13.3. The zero-order valence-electron chi connectivity index (χ0n) is 19.6. The van der Waals surface area contributed by atoms with Crippen molar-refractivity contribution in [3.63, 3.8) is 0 Å². The maximum Gasteiger partial charge on any atom is 0.232 e. The summed E-state index contributed by atoms with van der Waals surface area (Å²) in [5.41, 5.74) is 3.30. The number of allylic oxidation sites excluding steroid dienone is 2. The smallest absolute Gasteiger partial charge is 0.232 e. The molecule has 5 heteroatoms. The largest absolute Gasteiger partial charge is 0.308 e. The number of nitrogens with zero attached hydrogens (tertiary/aromatic N) is 2. The number of Topliss-reactive ketones (excluding diaryl/α,β-unsaturated/α-hetero) is 1. The highest BCUT2D eigenvalue weighted by Gasteiger charge is 2.35. The van der Waals surface area contributed by atoms with Crippen molar-refractivity contribution < 1.29 is 14.4 Å². The number of hydrogen-bond donors (Lipinski definition) is 0. The molecule has 32 heavy (non-hydrogen) atoms. The number of para-hydroxylation sites is 2. The first-order valence-electron chi connectivity index (χ1n) is 10.7. The van der Waals surface area contributed by atoms with Gasteiger partial charge >= 0.3 is 0 Å². The van der Waals surface area contributed by atoms with Crippen LogP contribution in [0.2, 0.25) is 0 Å². The highest BCUT2D eigenvalue weighted by Crippen LogP contribution is 2.37. The second-order valence-corrected chi connectivity index (χ2v) is 9.24. The molecule has 0 spiro atoms. The number of anilines is 2. The average molecular weight is 431 g/mol. The molecule has 0 fully saturated rings. The van der Waals surface area contributed by atoms with E-state index in [1.807, 2.05) is 71.0 Å². The van der Waals surface area contributed by atoms with Crippen molar-refractivity contribution in [3.8, 4) is 0 Å². The molecule has 1 aliphatic heterocycles. The third kappa shape index (κ3) is 4.57. The zero-order chi connectivity index (χ0) is 23.6. The number of benzene rings is 2. The zero-order valence-corrected chi connectivity index (χ0v) is 19.6. The lowest BCUT2D eigenvalue weighted by Crippen LogP contribution is -2.40. The van der Waals surface area contributed by atoms with Crippen LogP contribution in [0.15, 0.2) is 65.9 Å². The lowest BCUT2D eigenvalue weighted by atomic mass is 9.93. The van der Waals surface area contributed by atoms with E-state index in [-0.39, 0.29) is 23.3 Å². The van der Waals surface area contributed by atoms with E-state index in [0.717, 1.165) is 5.57 Å². The summed E-state index contributed by atoms with van der Waals surface area (Å²) in [4.78, 5) is 42.1. The highest BCUT2D eigenvalue weighted by molar-refractivity contribution is 6.27. The first kappa shape index (κ1) is 23.2. The second kappa shape index (κ2) is 8.95. The molecule has 0 atom stereocenters. The Balaban J connectivity index is 2.16. The van der Waals surface area contributed by atoms with Crippen LogP contribution < -0.4 is 9.80 Å². The topological polar surface area (TPSA) is 57.7 Å². The van der Waals surface area contributed by atoms with E-state index < -0.39 is 5.41 Å². The molecule has 0 unspecified atom stereocenters. The van der Waals surface area contributed by atoms with Gasteiger partial charge in [0.25, 0.3) is 0 Å².